The molecule has 0 saturated carbocycles. The lowest BCUT2D eigenvalue weighted by molar-refractivity contribution is -0.146. The summed E-state index contributed by atoms with van der Waals surface area (Å²) in [5.74, 6) is 0.299. The second-order valence-corrected chi connectivity index (χ2v) is 4.81. The van der Waals surface area contributed by atoms with Gasteiger partial charge in [0, 0.05) is 26.7 Å². The lowest BCUT2D eigenvalue weighted by atomic mass is 9.99. The lowest BCUT2D eigenvalue weighted by Gasteiger charge is -2.21. The van der Waals surface area contributed by atoms with E-state index in [1.54, 1.807) is 7.05 Å². The Bertz CT molecular complexity index is 384. The van der Waals surface area contributed by atoms with Gasteiger partial charge in [-0.15, -0.1) is 0 Å². The monoisotopic (exact) mass is 285 g/mol. The Morgan fingerprint density at radius 2 is 2.00 bits per heavy atom. The largest absolute Gasteiger partial charge is 0.469 e. The van der Waals surface area contributed by atoms with Crippen molar-refractivity contribution in [1.29, 1.82) is 0 Å². The smallest absolute Gasteiger partial charge is 0.310 e. The number of methoxy groups -OCH3 is 2. The fourth-order valence-electron chi connectivity index (χ4n) is 2.31. The minimum atomic E-state index is -0.268. The van der Waals surface area contributed by atoms with E-state index in [9.17, 15) is 9.59 Å². The highest BCUT2D eigenvalue weighted by Gasteiger charge is 2.36. The zero-order valence-electron chi connectivity index (χ0n) is 12.5. The molecular weight excluding hydrogens is 262 g/mol. The summed E-state index contributed by atoms with van der Waals surface area (Å²) in [5, 5.41) is 3.10. The van der Waals surface area contributed by atoms with Crippen molar-refractivity contribution in [2.24, 2.45) is 16.8 Å². The fourth-order valence-corrected chi connectivity index (χ4v) is 2.31. The van der Waals surface area contributed by atoms with E-state index >= 15 is 0 Å². The number of hydrogen-bond acceptors (Lipinski definition) is 5. The lowest BCUT2D eigenvalue weighted by Crippen LogP contribution is -2.41. The van der Waals surface area contributed by atoms with Crippen molar-refractivity contribution in [2.45, 2.75) is 13.3 Å². The van der Waals surface area contributed by atoms with Gasteiger partial charge in [-0.2, -0.15) is 0 Å². The summed E-state index contributed by atoms with van der Waals surface area (Å²) in [6.07, 6.45) is 0.277. The van der Waals surface area contributed by atoms with Crippen LogP contribution in [0.5, 0.6) is 0 Å². The molecule has 0 aromatic heterocycles. The molecule has 1 heterocycles. The molecule has 1 rings (SSSR count). The van der Waals surface area contributed by atoms with Crippen molar-refractivity contribution in [2.75, 3.05) is 40.9 Å². The molecule has 7 nitrogen and oxygen atoms in total. The Kier molecular flexibility index (Phi) is 6.27. The van der Waals surface area contributed by atoms with Gasteiger partial charge in [0.15, 0.2) is 5.96 Å². The molecule has 0 spiro atoms. The van der Waals surface area contributed by atoms with Gasteiger partial charge in [-0.1, -0.05) is 6.92 Å². The molecule has 0 aromatic carbocycles. The molecule has 1 aliphatic heterocycles. The molecule has 1 saturated heterocycles. The highest BCUT2D eigenvalue weighted by Crippen LogP contribution is 2.23. The van der Waals surface area contributed by atoms with Crippen LogP contribution in [0.25, 0.3) is 0 Å². The van der Waals surface area contributed by atoms with Gasteiger partial charge in [0.1, 0.15) is 0 Å². The number of likely N-dealkylation sites (tertiary alicyclic amines) is 1. The van der Waals surface area contributed by atoms with Crippen molar-refractivity contribution in [3.8, 4) is 0 Å². The third-order valence-corrected chi connectivity index (χ3v) is 3.47. The van der Waals surface area contributed by atoms with E-state index in [2.05, 4.69) is 15.0 Å². The molecule has 20 heavy (non-hydrogen) atoms. The predicted octanol–water partition coefficient (Wildman–Crippen LogP) is -0.134. The van der Waals surface area contributed by atoms with E-state index in [1.807, 2.05) is 11.8 Å². The molecule has 1 aliphatic rings. The Labute approximate surface area is 119 Å². The molecule has 7 heteroatoms. The summed E-state index contributed by atoms with van der Waals surface area (Å²) in [5.41, 5.74) is 0. The van der Waals surface area contributed by atoms with Crippen molar-refractivity contribution in [3.63, 3.8) is 0 Å². The van der Waals surface area contributed by atoms with Crippen LogP contribution in [0.2, 0.25) is 0 Å². The van der Waals surface area contributed by atoms with Crippen molar-refractivity contribution in [1.82, 2.24) is 10.2 Å². The van der Waals surface area contributed by atoms with Gasteiger partial charge >= 0.3 is 11.9 Å². The second-order valence-electron chi connectivity index (χ2n) is 4.81. The van der Waals surface area contributed by atoms with Crippen LogP contribution in [-0.4, -0.2) is 63.7 Å². The van der Waals surface area contributed by atoms with Crippen molar-refractivity contribution < 1.29 is 19.1 Å². The van der Waals surface area contributed by atoms with E-state index in [0.717, 1.165) is 6.54 Å². The van der Waals surface area contributed by atoms with E-state index in [-0.39, 0.29) is 30.2 Å². The fraction of sp³-hybridized carbons (Fsp3) is 0.769. The zero-order valence-corrected chi connectivity index (χ0v) is 12.5. The minimum absolute atomic E-state index is 0.140. The summed E-state index contributed by atoms with van der Waals surface area (Å²) in [6.45, 7) is 3.78. The summed E-state index contributed by atoms with van der Waals surface area (Å²) in [6, 6.07) is 0. The number of nitrogens with zero attached hydrogens (tertiary/aromatic N) is 2. The van der Waals surface area contributed by atoms with Crippen LogP contribution >= 0.6 is 0 Å². The number of ether oxygens (including phenoxy) is 2. The van der Waals surface area contributed by atoms with Crippen LogP contribution in [0.1, 0.15) is 13.3 Å². The first-order valence-corrected chi connectivity index (χ1v) is 6.63. The maximum atomic E-state index is 11.7. The first-order chi connectivity index (χ1) is 9.53. The molecule has 0 aliphatic carbocycles. The highest BCUT2D eigenvalue weighted by atomic mass is 16.5. The van der Waals surface area contributed by atoms with Crippen molar-refractivity contribution >= 4 is 17.9 Å². The van der Waals surface area contributed by atoms with Crippen LogP contribution in [0.3, 0.4) is 0 Å². The van der Waals surface area contributed by atoms with Gasteiger partial charge in [-0.25, -0.2) is 0 Å². The second kappa shape index (κ2) is 7.72. The van der Waals surface area contributed by atoms with Gasteiger partial charge in [-0.05, 0) is 5.92 Å². The number of carbonyl (C=O) groups is 2. The van der Waals surface area contributed by atoms with Crippen LogP contribution in [0, 0.1) is 11.8 Å². The van der Waals surface area contributed by atoms with Gasteiger partial charge in [0.05, 0.1) is 26.6 Å². The van der Waals surface area contributed by atoms with Crippen LogP contribution in [0.4, 0.5) is 0 Å². The number of hydrogen-bond donors (Lipinski definition) is 1. The minimum Gasteiger partial charge on any atom is -0.469 e. The Morgan fingerprint density at radius 3 is 2.55 bits per heavy atom. The number of nitrogens with one attached hydrogen (secondary N) is 1. The van der Waals surface area contributed by atoms with E-state index in [0.29, 0.717) is 19.0 Å². The SMILES string of the molecule is CN=C(NCCC(=O)OC)N1CC(C)C(C(=O)OC)C1. The summed E-state index contributed by atoms with van der Waals surface area (Å²) < 4.78 is 9.38. The first-order valence-electron chi connectivity index (χ1n) is 6.63. The van der Waals surface area contributed by atoms with E-state index < -0.39 is 0 Å². The normalized spacial score (nSPS) is 22.6. The predicted molar refractivity (Wildman–Crippen MR) is 74.2 cm³/mol. The van der Waals surface area contributed by atoms with E-state index in [1.165, 1.54) is 14.2 Å². The number of guanidine groups is 1. The maximum absolute atomic E-state index is 11.7. The van der Waals surface area contributed by atoms with Crippen molar-refractivity contribution in [3.05, 3.63) is 0 Å². The molecule has 114 valence electrons. The molecule has 1 N–H and O–H groups in total. The molecule has 2 atom stereocenters. The maximum Gasteiger partial charge on any atom is 0.310 e. The average molecular weight is 285 g/mol. The zero-order chi connectivity index (χ0) is 15.1. The molecule has 0 radical (unpaired) electrons. The number of rotatable bonds is 4. The standard InChI is InChI=1S/C13H23N3O4/c1-9-7-16(8-10(9)12(18)20-4)13(14-2)15-6-5-11(17)19-3/h9-10H,5-8H2,1-4H3,(H,14,15). The molecular formula is C13H23N3O4. The van der Waals surface area contributed by atoms with Gasteiger partial charge in [-0.3, -0.25) is 14.6 Å². The summed E-state index contributed by atoms with van der Waals surface area (Å²) >= 11 is 0. The average Bonchev–Trinajstić information content (AvgIpc) is 2.84. The number of esters is 2. The number of carbonyl (C=O) groups excluding carboxylic acids is 2. The quantitative estimate of drug-likeness (QED) is 0.440. The molecule has 0 amide bonds. The first kappa shape index (κ1) is 16.3. The van der Waals surface area contributed by atoms with Gasteiger partial charge in [0.2, 0.25) is 0 Å². The van der Waals surface area contributed by atoms with E-state index in [4.69, 9.17) is 4.74 Å². The summed E-state index contributed by atoms with van der Waals surface area (Å²) in [4.78, 5) is 28.9. The molecule has 0 bridgehead atoms. The topological polar surface area (TPSA) is 80.2 Å². The van der Waals surface area contributed by atoms with Crippen LogP contribution in [0.15, 0.2) is 4.99 Å². The van der Waals surface area contributed by atoms with Gasteiger partial charge < -0.3 is 19.7 Å². The highest BCUT2D eigenvalue weighted by molar-refractivity contribution is 5.82. The Hall–Kier alpha value is -1.79. The molecule has 2 unspecified atom stereocenters. The number of aliphatic imine (C=N–C) groups is 1. The Morgan fingerprint density at radius 1 is 1.30 bits per heavy atom. The third-order valence-electron chi connectivity index (χ3n) is 3.47. The van der Waals surface area contributed by atoms with Crippen LogP contribution < -0.4 is 5.32 Å². The Balaban J connectivity index is 2.51. The van der Waals surface area contributed by atoms with Gasteiger partial charge in [0.25, 0.3) is 0 Å². The summed E-state index contributed by atoms with van der Waals surface area (Å²) in [7, 11) is 4.44. The molecule has 0 aromatic rings. The molecule has 1 fully saturated rings. The van der Waals surface area contributed by atoms with Crippen LogP contribution in [-0.2, 0) is 19.1 Å². The third kappa shape index (κ3) is 4.11.